The molecule has 1 aliphatic heterocycles. The molecule has 7 nitrogen and oxygen atoms in total. The first-order valence-electron chi connectivity index (χ1n) is 7.48. The maximum absolute atomic E-state index is 12.6. The molecule has 0 aliphatic carbocycles. The van der Waals surface area contributed by atoms with Crippen LogP contribution in [0.5, 0.6) is 5.88 Å². The van der Waals surface area contributed by atoms with Gasteiger partial charge in [0.2, 0.25) is 5.88 Å². The minimum atomic E-state index is -4.57. The van der Waals surface area contributed by atoms with Crippen LogP contribution in [0.1, 0.15) is 16.1 Å². The SMILES string of the molecule is O=C(c1cccc([N+](=O)[O-])c1)N1CC(Oc2cccc(C(F)(F)F)n2)C1. The van der Waals surface area contributed by atoms with Gasteiger partial charge in [-0.2, -0.15) is 13.2 Å². The monoisotopic (exact) mass is 367 g/mol. The number of hydrogen-bond donors (Lipinski definition) is 0. The van der Waals surface area contributed by atoms with Crippen LogP contribution in [0, 0.1) is 10.1 Å². The van der Waals surface area contributed by atoms with Gasteiger partial charge in [0.25, 0.3) is 11.6 Å². The van der Waals surface area contributed by atoms with Gasteiger partial charge in [0.1, 0.15) is 11.8 Å². The van der Waals surface area contributed by atoms with Crippen LogP contribution in [0.3, 0.4) is 0 Å². The van der Waals surface area contributed by atoms with Crippen LogP contribution in [0.2, 0.25) is 0 Å². The van der Waals surface area contributed by atoms with E-state index in [-0.39, 0.29) is 30.2 Å². The van der Waals surface area contributed by atoms with E-state index in [1.54, 1.807) is 0 Å². The molecule has 10 heteroatoms. The van der Waals surface area contributed by atoms with Crippen LogP contribution in [0.25, 0.3) is 0 Å². The second-order valence-corrected chi connectivity index (χ2v) is 5.62. The molecule has 0 N–H and O–H groups in total. The largest absolute Gasteiger partial charge is 0.471 e. The number of rotatable bonds is 4. The van der Waals surface area contributed by atoms with E-state index in [0.717, 1.165) is 6.07 Å². The number of nitro benzene ring substituents is 1. The van der Waals surface area contributed by atoms with Crippen molar-refractivity contribution in [3.63, 3.8) is 0 Å². The molecule has 0 saturated carbocycles. The number of carbonyl (C=O) groups is 1. The number of nitrogens with zero attached hydrogens (tertiary/aromatic N) is 3. The van der Waals surface area contributed by atoms with E-state index in [1.807, 2.05) is 0 Å². The summed E-state index contributed by atoms with van der Waals surface area (Å²) < 4.78 is 43.2. The molecule has 136 valence electrons. The highest BCUT2D eigenvalue weighted by Gasteiger charge is 2.35. The zero-order valence-electron chi connectivity index (χ0n) is 13.1. The number of amides is 1. The Hall–Kier alpha value is -3.17. The molecule has 1 aromatic carbocycles. The number of non-ortho nitro benzene ring substituents is 1. The average molecular weight is 367 g/mol. The Morgan fingerprint density at radius 1 is 1.23 bits per heavy atom. The first-order valence-corrected chi connectivity index (χ1v) is 7.48. The standard InChI is InChI=1S/C16H12F3N3O4/c17-16(18,19)13-5-2-6-14(20-13)26-12-8-21(9-12)15(23)10-3-1-4-11(7-10)22(24)25/h1-7,12H,8-9H2. The lowest BCUT2D eigenvalue weighted by atomic mass is 10.1. The molecule has 0 unspecified atom stereocenters. The lowest BCUT2D eigenvalue weighted by Gasteiger charge is -2.38. The Bertz CT molecular complexity index is 851. The molecule has 26 heavy (non-hydrogen) atoms. The van der Waals surface area contributed by atoms with Crippen molar-refractivity contribution in [2.75, 3.05) is 13.1 Å². The lowest BCUT2D eigenvalue weighted by molar-refractivity contribution is -0.384. The second-order valence-electron chi connectivity index (χ2n) is 5.62. The fourth-order valence-corrected chi connectivity index (χ4v) is 2.42. The van der Waals surface area contributed by atoms with E-state index in [9.17, 15) is 28.1 Å². The minimum Gasteiger partial charge on any atom is -0.471 e. The fourth-order valence-electron chi connectivity index (χ4n) is 2.42. The van der Waals surface area contributed by atoms with Gasteiger partial charge in [-0.25, -0.2) is 4.98 Å². The molecule has 1 saturated heterocycles. The highest BCUT2D eigenvalue weighted by molar-refractivity contribution is 5.95. The zero-order valence-corrected chi connectivity index (χ0v) is 13.1. The maximum Gasteiger partial charge on any atom is 0.433 e. The quantitative estimate of drug-likeness (QED) is 0.613. The van der Waals surface area contributed by atoms with Gasteiger partial charge in [-0.1, -0.05) is 12.1 Å². The summed E-state index contributed by atoms with van der Waals surface area (Å²) in [6, 6.07) is 8.65. The maximum atomic E-state index is 12.6. The molecule has 0 atom stereocenters. The van der Waals surface area contributed by atoms with E-state index >= 15 is 0 Å². The van der Waals surface area contributed by atoms with Crippen LogP contribution < -0.4 is 4.74 Å². The number of halogens is 3. The number of benzene rings is 1. The van der Waals surface area contributed by atoms with Crippen molar-refractivity contribution in [3.05, 3.63) is 63.8 Å². The fraction of sp³-hybridized carbons (Fsp3) is 0.250. The summed E-state index contributed by atoms with van der Waals surface area (Å²) >= 11 is 0. The first kappa shape index (κ1) is 17.6. The van der Waals surface area contributed by atoms with Crippen molar-refractivity contribution < 1.29 is 27.6 Å². The molecule has 1 amide bonds. The highest BCUT2D eigenvalue weighted by Crippen LogP contribution is 2.29. The molecule has 0 spiro atoms. The van der Waals surface area contributed by atoms with Gasteiger partial charge in [-0.15, -0.1) is 0 Å². The molecule has 0 radical (unpaired) electrons. The number of aromatic nitrogens is 1. The lowest BCUT2D eigenvalue weighted by Crippen LogP contribution is -2.56. The van der Waals surface area contributed by atoms with Crippen LogP contribution in [-0.2, 0) is 6.18 Å². The van der Waals surface area contributed by atoms with Crippen LogP contribution >= 0.6 is 0 Å². The number of hydrogen-bond acceptors (Lipinski definition) is 5. The number of carbonyl (C=O) groups excluding carboxylic acids is 1. The number of nitro groups is 1. The van der Waals surface area contributed by atoms with Gasteiger partial charge >= 0.3 is 6.18 Å². The van der Waals surface area contributed by atoms with Crippen molar-refractivity contribution in [1.29, 1.82) is 0 Å². The molecule has 2 heterocycles. The van der Waals surface area contributed by atoms with Gasteiger partial charge in [0.05, 0.1) is 18.0 Å². The Morgan fingerprint density at radius 3 is 2.58 bits per heavy atom. The zero-order chi connectivity index (χ0) is 18.9. The third kappa shape index (κ3) is 3.73. The molecule has 1 fully saturated rings. The Balaban J connectivity index is 1.60. The van der Waals surface area contributed by atoms with Crippen LogP contribution in [0.15, 0.2) is 42.5 Å². The Labute approximate surface area is 145 Å². The van der Waals surface area contributed by atoms with Crippen molar-refractivity contribution in [2.45, 2.75) is 12.3 Å². The molecular weight excluding hydrogens is 355 g/mol. The predicted octanol–water partition coefficient (Wildman–Crippen LogP) is 2.91. The summed E-state index contributed by atoms with van der Waals surface area (Å²) in [7, 11) is 0. The van der Waals surface area contributed by atoms with E-state index in [1.165, 1.54) is 41.3 Å². The first-order chi connectivity index (χ1) is 12.2. The van der Waals surface area contributed by atoms with Crippen molar-refractivity contribution in [3.8, 4) is 5.88 Å². The van der Waals surface area contributed by atoms with Gasteiger partial charge in [0, 0.05) is 23.8 Å². The molecule has 3 rings (SSSR count). The van der Waals surface area contributed by atoms with Gasteiger partial charge < -0.3 is 9.64 Å². The smallest absolute Gasteiger partial charge is 0.433 e. The van der Waals surface area contributed by atoms with E-state index in [4.69, 9.17) is 4.74 Å². The minimum absolute atomic E-state index is 0.152. The topological polar surface area (TPSA) is 85.6 Å². The van der Waals surface area contributed by atoms with E-state index in [2.05, 4.69) is 4.98 Å². The van der Waals surface area contributed by atoms with E-state index < -0.39 is 28.8 Å². The summed E-state index contributed by atoms with van der Waals surface area (Å²) in [5.74, 6) is -0.585. The molecule has 2 aromatic rings. The molecular formula is C16H12F3N3O4. The molecule has 0 bridgehead atoms. The summed E-state index contributed by atoms with van der Waals surface area (Å²) in [5, 5.41) is 10.8. The van der Waals surface area contributed by atoms with Gasteiger partial charge in [-0.3, -0.25) is 14.9 Å². The summed E-state index contributed by atoms with van der Waals surface area (Å²) in [6.07, 6.45) is -5.06. The molecule has 1 aliphatic rings. The third-order valence-electron chi connectivity index (χ3n) is 3.74. The van der Waals surface area contributed by atoms with Crippen molar-refractivity contribution in [2.24, 2.45) is 0 Å². The van der Waals surface area contributed by atoms with E-state index in [0.29, 0.717) is 0 Å². The summed E-state index contributed by atoms with van der Waals surface area (Å²) in [5.41, 5.74) is -1.09. The summed E-state index contributed by atoms with van der Waals surface area (Å²) in [6.45, 7) is 0.304. The van der Waals surface area contributed by atoms with Crippen molar-refractivity contribution >= 4 is 11.6 Å². The Morgan fingerprint density at radius 2 is 1.92 bits per heavy atom. The molecule has 1 aromatic heterocycles. The van der Waals surface area contributed by atoms with Crippen LogP contribution in [-0.4, -0.2) is 39.9 Å². The number of alkyl halides is 3. The van der Waals surface area contributed by atoms with Gasteiger partial charge in [-0.05, 0) is 12.1 Å². The number of likely N-dealkylation sites (tertiary alicyclic amines) is 1. The number of ether oxygens (including phenoxy) is 1. The highest BCUT2D eigenvalue weighted by atomic mass is 19.4. The normalized spacial score (nSPS) is 14.7. The predicted molar refractivity (Wildman–Crippen MR) is 82.7 cm³/mol. The Kier molecular flexibility index (Phi) is 4.49. The van der Waals surface area contributed by atoms with Gasteiger partial charge in [0.15, 0.2) is 0 Å². The second kappa shape index (κ2) is 6.62. The van der Waals surface area contributed by atoms with Crippen LogP contribution in [0.4, 0.5) is 18.9 Å². The van der Waals surface area contributed by atoms with Crippen molar-refractivity contribution in [1.82, 2.24) is 9.88 Å². The number of pyridine rings is 1. The third-order valence-corrected chi connectivity index (χ3v) is 3.74. The average Bonchev–Trinajstić information content (AvgIpc) is 2.57. The summed E-state index contributed by atoms with van der Waals surface area (Å²) in [4.78, 5) is 27.2.